The Hall–Kier alpha value is -2.41. The second-order valence-corrected chi connectivity index (χ2v) is 5.56. The molecular weight excluding hydrogens is 304 g/mol. The summed E-state index contributed by atoms with van der Waals surface area (Å²) in [6.45, 7) is 3.79. The molecule has 116 valence electrons. The third kappa shape index (κ3) is 3.62. The number of rotatable bonds is 5. The molecule has 2 aromatic rings. The fourth-order valence-electron chi connectivity index (χ4n) is 1.81. The van der Waals surface area contributed by atoms with Gasteiger partial charge in [-0.15, -0.1) is 11.3 Å². The number of carbonyl (C=O) groups is 2. The van der Waals surface area contributed by atoms with Crippen molar-refractivity contribution in [1.82, 2.24) is 4.98 Å². The van der Waals surface area contributed by atoms with Crippen LogP contribution in [0.1, 0.15) is 11.9 Å². The van der Waals surface area contributed by atoms with E-state index < -0.39 is 11.9 Å². The lowest BCUT2D eigenvalue weighted by atomic mass is 10.2. The highest BCUT2D eigenvalue weighted by atomic mass is 32.1. The zero-order valence-electron chi connectivity index (χ0n) is 12.5. The third-order valence-electron chi connectivity index (χ3n) is 2.78. The lowest BCUT2D eigenvalue weighted by Gasteiger charge is -2.06. The van der Waals surface area contributed by atoms with Crippen LogP contribution in [-0.4, -0.2) is 30.6 Å². The van der Waals surface area contributed by atoms with Gasteiger partial charge in [-0.3, -0.25) is 0 Å². The lowest BCUT2D eigenvalue weighted by Crippen LogP contribution is -2.18. The number of thiazole rings is 1. The molecule has 7 heteroatoms. The first kappa shape index (κ1) is 16.0. The summed E-state index contributed by atoms with van der Waals surface area (Å²) < 4.78 is 10.4. The van der Waals surface area contributed by atoms with Gasteiger partial charge in [-0.2, -0.15) is 0 Å². The lowest BCUT2D eigenvalue weighted by molar-refractivity contribution is -0.145. The van der Waals surface area contributed by atoms with Gasteiger partial charge in [-0.25, -0.2) is 14.6 Å². The number of aryl methyl sites for hydroxylation is 1. The van der Waals surface area contributed by atoms with E-state index in [1.54, 1.807) is 18.3 Å². The van der Waals surface area contributed by atoms with Crippen molar-refractivity contribution in [3.8, 4) is 0 Å². The maximum atomic E-state index is 11.7. The Labute approximate surface area is 131 Å². The predicted octanol–water partition coefficient (Wildman–Crippen LogP) is 2.64. The van der Waals surface area contributed by atoms with Crippen LogP contribution in [0.25, 0.3) is 10.2 Å². The van der Waals surface area contributed by atoms with Gasteiger partial charge in [0.05, 0.1) is 28.9 Å². The van der Waals surface area contributed by atoms with Crippen LogP contribution in [0.15, 0.2) is 30.0 Å². The van der Waals surface area contributed by atoms with Crippen LogP contribution in [0.3, 0.4) is 0 Å². The fourth-order valence-corrected chi connectivity index (χ4v) is 2.67. The molecule has 0 bridgehead atoms. The van der Waals surface area contributed by atoms with Crippen LogP contribution in [-0.2, 0) is 19.1 Å². The summed E-state index contributed by atoms with van der Waals surface area (Å²) in [4.78, 5) is 27.7. The quantitative estimate of drug-likeness (QED) is 0.395. The summed E-state index contributed by atoms with van der Waals surface area (Å²) in [7, 11) is 1.21. The number of esters is 2. The number of methoxy groups -OCH3 is 1. The van der Waals surface area contributed by atoms with Crippen molar-refractivity contribution in [2.45, 2.75) is 13.8 Å². The van der Waals surface area contributed by atoms with Crippen molar-refractivity contribution in [3.05, 3.63) is 35.0 Å². The molecule has 0 aliphatic carbocycles. The molecule has 1 N–H and O–H groups in total. The van der Waals surface area contributed by atoms with Crippen LogP contribution in [0, 0.1) is 6.92 Å². The van der Waals surface area contributed by atoms with Crippen LogP contribution in [0.5, 0.6) is 0 Å². The van der Waals surface area contributed by atoms with Gasteiger partial charge in [0, 0.05) is 11.9 Å². The SMILES string of the molecule is CCOC(=O)C(=CNc1ccc2nc(C)sc2c1)C(=O)OC. The van der Waals surface area contributed by atoms with Gasteiger partial charge in [-0.05, 0) is 32.0 Å². The normalized spacial score (nSPS) is 11.3. The molecule has 1 heterocycles. The minimum Gasteiger partial charge on any atom is -0.465 e. The second kappa shape index (κ2) is 7.04. The number of aromatic nitrogens is 1. The Morgan fingerprint density at radius 3 is 2.82 bits per heavy atom. The number of hydrogen-bond donors (Lipinski definition) is 1. The average molecular weight is 320 g/mol. The van der Waals surface area contributed by atoms with E-state index in [9.17, 15) is 9.59 Å². The Bertz CT molecular complexity index is 736. The number of benzene rings is 1. The van der Waals surface area contributed by atoms with E-state index in [1.807, 2.05) is 25.1 Å². The van der Waals surface area contributed by atoms with Gasteiger partial charge in [0.25, 0.3) is 0 Å². The molecule has 2 rings (SSSR count). The van der Waals surface area contributed by atoms with Crippen molar-refractivity contribution in [3.63, 3.8) is 0 Å². The average Bonchev–Trinajstić information content (AvgIpc) is 2.86. The molecule has 0 unspecified atom stereocenters. The fraction of sp³-hybridized carbons (Fsp3) is 0.267. The van der Waals surface area contributed by atoms with Gasteiger partial charge in [0.1, 0.15) is 0 Å². The maximum absolute atomic E-state index is 11.7. The minimum absolute atomic E-state index is 0.180. The second-order valence-electron chi connectivity index (χ2n) is 4.33. The van der Waals surface area contributed by atoms with E-state index in [4.69, 9.17) is 4.74 Å². The third-order valence-corrected chi connectivity index (χ3v) is 3.71. The van der Waals surface area contributed by atoms with Gasteiger partial charge in [0.2, 0.25) is 0 Å². The molecule has 0 aliphatic heterocycles. The Balaban J connectivity index is 2.23. The zero-order valence-corrected chi connectivity index (χ0v) is 13.3. The molecule has 0 fully saturated rings. The number of fused-ring (bicyclic) bond motifs is 1. The molecule has 0 atom stereocenters. The summed E-state index contributed by atoms with van der Waals surface area (Å²) in [5.74, 6) is -1.47. The molecule has 0 spiro atoms. The molecule has 0 amide bonds. The van der Waals surface area contributed by atoms with Gasteiger partial charge in [-0.1, -0.05) is 0 Å². The summed E-state index contributed by atoms with van der Waals surface area (Å²) in [5.41, 5.74) is 1.46. The first-order valence-corrected chi connectivity index (χ1v) is 7.46. The van der Waals surface area contributed by atoms with Crippen LogP contribution >= 0.6 is 11.3 Å². The van der Waals surface area contributed by atoms with Crippen molar-refractivity contribution < 1.29 is 19.1 Å². The maximum Gasteiger partial charge on any atom is 0.347 e. The van der Waals surface area contributed by atoms with E-state index in [-0.39, 0.29) is 12.2 Å². The van der Waals surface area contributed by atoms with E-state index in [0.717, 1.165) is 20.9 Å². The molecule has 0 saturated heterocycles. The van der Waals surface area contributed by atoms with Crippen molar-refractivity contribution >= 4 is 39.2 Å². The van der Waals surface area contributed by atoms with E-state index in [1.165, 1.54) is 13.3 Å². The first-order valence-electron chi connectivity index (χ1n) is 6.64. The summed E-state index contributed by atoms with van der Waals surface area (Å²) in [6.07, 6.45) is 1.29. The number of anilines is 1. The standard InChI is InChI=1S/C15H16N2O4S/c1-4-21-15(19)11(14(18)20-3)8-16-10-5-6-12-13(7-10)22-9(2)17-12/h5-8,16H,4H2,1-3H3. The Morgan fingerprint density at radius 1 is 1.36 bits per heavy atom. The topological polar surface area (TPSA) is 77.5 Å². The van der Waals surface area contributed by atoms with Crippen molar-refractivity contribution in [2.75, 3.05) is 19.0 Å². The highest BCUT2D eigenvalue weighted by molar-refractivity contribution is 7.18. The molecule has 6 nitrogen and oxygen atoms in total. The van der Waals surface area contributed by atoms with E-state index >= 15 is 0 Å². The molecular formula is C15H16N2O4S. The van der Waals surface area contributed by atoms with E-state index in [0.29, 0.717) is 0 Å². The summed E-state index contributed by atoms with van der Waals surface area (Å²) >= 11 is 1.57. The molecule has 22 heavy (non-hydrogen) atoms. The minimum atomic E-state index is -0.749. The van der Waals surface area contributed by atoms with Gasteiger partial charge in [0.15, 0.2) is 5.57 Å². The highest BCUT2D eigenvalue weighted by Crippen LogP contribution is 2.24. The van der Waals surface area contributed by atoms with Crippen molar-refractivity contribution in [1.29, 1.82) is 0 Å². The number of ether oxygens (including phenoxy) is 2. The first-order chi connectivity index (χ1) is 10.5. The highest BCUT2D eigenvalue weighted by Gasteiger charge is 2.20. The van der Waals surface area contributed by atoms with Gasteiger partial charge < -0.3 is 14.8 Å². The predicted molar refractivity (Wildman–Crippen MR) is 84.7 cm³/mol. The van der Waals surface area contributed by atoms with Crippen molar-refractivity contribution in [2.24, 2.45) is 0 Å². The summed E-state index contributed by atoms with van der Waals surface area (Å²) in [5, 5.41) is 3.89. The molecule has 1 aromatic carbocycles. The largest absolute Gasteiger partial charge is 0.465 e. The molecule has 0 radical (unpaired) electrons. The van der Waals surface area contributed by atoms with E-state index in [2.05, 4.69) is 15.0 Å². The molecule has 0 saturated carbocycles. The number of carbonyl (C=O) groups excluding carboxylic acids is 2. The molecule has 1 aromatic heterocycles. The smallest absolute Gasteiger partial charge is 0.347 e. The molecule has 0 aliphatic rings. The summed E-state index contributed by atoms with van der Waals surface area (Å²) in [6, 6.07) is 5.59. The Kier molecular flexibility index (Phi) is 5.11. The Morgan fingerprint density at radius 2 is 2.14 bits per heavy atom. The number of nitrogens with one attached hydrogen (secondary N) is 1. The van der Waals surface area contributed by atoms with Crippen LogP contribution < -0.4 is 5.32 Å². The van der Waals surface area contributed by atoms with Crippen LogP contribution in [0.4, 0.5) is 5.69 Å². The number of hydrogen-bond acceptors (Lipinski definition) is 7. The van der Waals surface area contributed by atoms with Crippen LogP contribution in [0.2, 0.25) is 0 Å². The van der Waals surface area contributed by atoms with Gasteiger partial charge >= 0.3 is 11.9 Å². The zero-order chi connectivity index (χ0) is 16.1. The number of nitrogens with zero attached hydrogens (tertiary/aromatic N) is 1. The monoisotopic (exact) mass is 320 g/mol.